The first-order valence-electron chi connectivity index (χ1n) is 6.83. The second-order valence-electron chi connectivity index (χ2n) is 5.15. The largest absolute Gasteiger partial charge is 0.388 e. The van der Waals surface area contributed by atoms with Gasteiger partial charge in [0, 0.05) is 13.6 Å². The molecule has 1 aliphatic rings. The molecule has 1 fully saturated rings. The Balaban J connectivity index is 1.92. The highest BCUT2D eigenvalue weighted by Crippen LogP contribution is 2.27. The van der Waals surface area contributed by atoms with Crippen LogP contribution in [-0.2, 0) is 0 Å². The Morgan fingerprint density at radius 1 is 1.17 bits per heavy atom. The molecule has 0 amide bonds. The van der Waals surface area contributed by atoms with Crippen molar-refractivity contribution < 1.29 is 5.11 Å². The second-order valence-corrected chi connectivity index (χ2v) is 5.15. The minimum atomic E-state index is -0.562. The van der Waals surface area contributed by atoms with E-state index >= 15 is 0 Å². The van der Waals surface area contributed by atoms with Gasteiger partial charge in [-0.05, 0) is 25.0 Å². The van der Waals surface area contributed by atoms with Crippen LogP contribution in [0.2, 0.25) is 0 Å². The topological polar surface area (TPSA) is 57.2 Å². The molecule has 1 heterocycles. The molecule has 1 saturated carbocycles. The monoisotopic (exact) mass is 249 g/mol. The Bertz CT molecular complexity index is 373. The quantitative estimate of drug-likeness (QED) is 0.718. The van der Waals surface area contributed by atoms with E-state index in [0.29, 0.717) is 6.54 Å². The first kappa shape index (κ1) is 13.1. The molecule has 0 bridgehead atoms. The van der Waals surface area contributed by atoms with E-state index in [0.717, 1.165) is 37.3 Å². The lowest BCUT2D eigenvalue weighted by Crippen LogP contribution is -2.36. The lowest BCUT2D eigenvalue weighted by Gasteiger charge is -2.27. The third kappa shape index (κ3) is 3.60. The van der Waals surface area contributed by atoms with Crippen LogP contribution in [0.1, 0.15) is 38.5 Å². The van der Waals surface area contributed by atoms with Crippen molar-refractivity contribution in [3.63, 3.8) is 0 Å². The van der Waals surface area contributed by atoms with Gasteiger partial charge < -0.3 is 15.7 Å². The maximum absolute atomic E-state index is 10.5. The van der Waals surface area contributed by atoms with Crippen LogP contribution in [0.5, 0.6) is 0 Å². The SMILES string of the molecule is CNc1cccc(NCC2(O)CCCCCC2)n1. The molecule has 0 spiro atoms. The standard InChI is InChI=1S/C14H23N3O/c1-15-12-7-6-8-13(17-12)16-11-14(18)9-4-2-3-5-10-14/h6-8,18H,2-5,9-11H2,1H3,(H2,15,16,17). The summed E-state index contributed by atoms with van der Waals surface area (Å²) in [5.41, 5.74) is -0.562. The fraction of sp³-hybridized carbons (Fsp3) is 0.643. The Morgan fingerprint density at radius 3 is 2.50 bits per heavy atom. The van der Waals surface area contributed by atoms with Crippen LogP contribution in [0.25, 0.3) is 0 Å². The van der Waals surface area contributed by atoms with Crippen molar-refractivity contribution in [1.29, 1.82) is 0 Å². The summed E-state index contributed by atoms with van der Waals surface area (Å²) in [5, 5.41) is 16.8. The Kier molecular flexibility index (Phi) is 4.42. The van der Waals surface area contributed by atoms with Crippen molar-refractivity contribution in [2.24, 2.45) is 0 Å². The molecule has 0 saturated heterocycles. The summed E-state index contributed by atoms with van der Waals surface area (Å²) in [6, 6.07) is 5.81. The molecule has 0 aliphatic heterocycles. The molecule has 2 rings (SSSR count). The molecule has 1 aromatic heterocycles. The van der Waals surface area contributed by atoms with Crippen LogP contribution in [-0.4, -0.2) is 29.3 Å². The molecule has 18 heavy (non-hydrogen) atoms. The molecule has 0 radical (unpaired) electrons. The number of aliphatic hydroxyl groups is 1. The zero-order chi connectivity index (χ0) is 12.8. The van der Waals surface area contributed by atoms with E-state index in [-0.39, 0.29) is 0 Å². The molecule has 1 aliphatic carbocycles. The molecule has 3 N–H and O–H groups in total. The Morgan fingerprint density at radius 2 is 1.83 bits per heavy atom. The summed E-state index contributed by atoms with van der Waals surface area (Å²) in [7, 11) is 1.85. The van der Waals surface area contributed by atoms with Crippen molar-refractivity contribution in [3.8, 4) is 0 Å². The molecule has 0 unspecified atom stereocenters. The maximum atomic E-state index is 10.5. The average molecular weight is 249 g/mol. The van der Waals surface area contributed by atoms with Crippen LogP contribution in [0, 0.1) is 0 Å². The van der Waals surface area contributed by atoms with Crippen LogP contribution in [0.4, 0.5) is 11.6 Å². The minimum absolute atomic E-state index is 0.562. The summed E-state index contributed by atoms with van der Waals surface area (Å²) in [6.45, 7) is 0.590. The van der Waals surface area contributed by atoms with Crippen molar-refractivity contribution in [2.45, 2.75) is 44.1 Å². The van der Waals surface area contributed by atoms with Crippen molar-refractivity contribution in [2.75, 3.05) is 24.2 Å². The number of aromatic nitrogens is 1. The minimum Gasteiger partial charge on any atom is -0.388 e. The van der Waals surface area contributed by atoms with Gasteiger partial charge in [0.15, 0.2) is 0 Å². The number of nitrogens with one attached hydrogen (secondary N) is 2. The molecule has 1 aromatic rings. The van der Waals surface area contributed by atoms with E-state index < -0.39 is 5.60 Å². The van der Waals surface area contributed by atoms with Gasteiger partial charge in [-0.25, -0.2) is 4.98 Å². The van der Waals surface area contributed by atoms with Crippen molar-refractivity contribution >= 4 is 11.6 Å². The van der Waals surface area contributed by atoms with Crippen molar-refractivity contribution in [1.82, 2.24) is 4.98 Å². The fourth-order valence-corrected chi connectivity index (χ4v) is 2.49. The van der Waals surface area contributed by atoms with Gasteiger partial charge in [-0.2, -0.15) is 0 Å². The lowest BCUT2D eigenvalue weighted by molar-refractivity contribution is 0.0380. The predicted octanol–water partition coefficient (Wildman–Crippen LogP) is 2.62. The first-order chi connectivity index (χ1) is 8.72. The molecule has 0 atom stereocenters. The molecule has 100 valence electrons. The maximum Gasteiger partial charge on any atom is 0.128 e. The number of pyridine rings is 1. The van der Waals surface area contributed by atoms with Gasteiger partial charge >= 0.3 is 0 Å². The first-order valence-corrected chi connectivity index (χ1v) is 6.83. The van der Waals surface area contributed by atoms with E-state index in [1.807, 2.05) is 25.2 Å². The third-order valence-corrected chi connectivity index (χ3v) is 3.64. The number of nitrogens with zero attached hydrogens (tertiary/aromatic N) is 1. The number of hydrogen-bond donors (Lipinski definition) is 3. The van der Waals surface area contributed by atoms with E-state index in [1.54, 1.807) is 0 Å². The molecule has 4 nitrogen and oxygen atoms in total. The molecular weight excluding hydrogens is 226 g/mol. The second kappa shape index (κ2) is 6.05. The zero-order valence-electron chi connectivity index (χ0n) is 11.1. The smallest absolute Gasteiger partial charge is 0.128 e. The molecule has 0 aromatic carbocycles. The van der Waals surface area contributed by atoms with Crippen LogP contribution >= 0.6 is 0 Å². The lowest BCUT2D eigenvalue weighted by atomic mass is 9.94. The highest BCUT2D eigenvalue weighted by atomic mass is 16.3. The molecule has 4 heteroatoms. The Hall–Kier alpha value is -1.29. The fourth-order valence-electron chi connectivity index (χ4n) is 2.49. The predicted molar refractivity (Wildman–Crippen MR) is 74.9 cm³/mol. The van der Waals surface area contributed by atoms with Crippen LogP contribution < -0.4 is 10.6 Å². The molecular formula is C14H23N3O. The summed E-state index contributed by atoms with van der Waals surface area (Å²) in [6.07, 6.45) is 6.54. The van der Waals surface area contributed by atoms with Gasteiger partial charge in [-0.15, -0.1) is 0 Å². The average Bonchev–Trinajstić information content (AvgIpc) is 2.62. The van der Waals surface area contributed by atoms with Crippen LogP contribution in [0.3, 0.4) is 0 Å². The van der Waals surface area contributed by atoms with Crippen molar-refractivity contribution in [3.05, 3.63) is 18.2 Å². The van der Waals surface area contributed by atoms with E-state index in [1.165, 1.54) is 12.8 Å². The summed E-state index contributed by atoms with van der Waals surface area (Å²) >= 11 is 0. The summed E-state index contributed by atoms with van der Waals surface area (Å²) < 4.78 is 0. The van der Waals surface area contributed by atoms with Gasteiger partial charge in [0.1, 0.15) is 11.6 Å². The van der Waals surface area contributed by atoms with Gasteiger partial charge in [0.25, 0.3) is 0 Å². The van der Waals surface area contributed by atoms with Gasteiger partial charge in [0.2, 0.25) is 0 Å². The van der Waals surface area contributed by atoms with E-state index in [2.05, 4.69) is 15.6 Å². The van der Waals surface area contributed by atoms with E-state index in [9.17, 15) is 5.11 Å². The normalized spacial score (nSPS) is 19.0. The number of anilines is 2. The highest BCUT2D eigenvalue weighted by Gasteiger charge is 2.27. The highest BCUT2D eigenvalue weighted by molar-refractivity contribution is 5.44. The van der Waals surface area contributed by atoms with Gasteiger partial charge in [0.05, 0.1) is 5.60 Å². The van der Waals surface area contributed by atoms with Gasteiger partial charge in [-0.3, -0.25) is 0 Å². The Labute approximate surface area is 109 Å². The third-order valence-electron chi connectivity index (χ3n) is 3.64. The summed E-state index contributed by atoms with van der Waals surface area (Å²) in [5.74, 6) is 1.66. The van der Waals surface area contributed by atoms with E-state index in [4.69, 9.17) is 0 Å². The van der Waals surface area contributed by atoms with Gasteiger partial charge in [-0.1, -0.05) is 31.7 Å². The number of hydrogen-bond acceptors (Lipinski definition) is 4. The zero-order valence-corrected chi connectivity index (χ0v) is 11.1. The summed E-state index contributed by atoms with van der Waals surface area (Å²) in [4.78, 5) is 4.40. The number of rotatable bonds is 4. The van der Waals surface area contributed by atoms with Crippen LogP contribution in [0.15, 0.2) is 18.2 Å².